The highest BCUT2D eigenvalue weighted by Gasteiger charge is 2.11. The van der Waals surface area contributed by atoms with E-state index in [9.17, 15) is 4.79 Å². The lowest BCUT2D eigenvalue weighted by atomic mass is 10.1. The van der Waals surface area contributed by atoms with Crippen molar-refractivity contribution in [2.45, 2.75) is 13.8 Å². The van der Waals surface area contributed by atoms with Crippen LogP contribution in [0.2, 0.25) is 0 Å². The Morgan fingerprint density at radius 2 is 2.00 bits per heavy atom. The molecule has 0 aliphatic rings. The maximum Gasteiger partial charge on any atom is 0.291 e. The van der Waals surface area contributed by atoms with Gasteiger partial charge >= 0.3 is 0 Å². The quantitative estimate of drug-likeness (QED) is 0.833. The van der Waals surface area contributed by atoms with E-state index in [1.165, 1.54) is 0 Å². The molecule has 1 amide bonds. The molecule has 0 spiro atoms. The van der Waals surface area contributed by atoms with E-state index in [0.29, 0.717) is 0 Å². The van der Waals surface area contributed by atoms with Gasteiger partial charge in [0.15, 0.2) is 11.6 Å². The summed E-state index contributed by atoms with van der Waals surface area (Å²) in [6, 6.07) is 8.98. The third-order valence-corrected chi connectivity index (χ3v) is 2.49. The highest BCUT2D eigenvalue weighted by atomic mass is 16.4. The number of hydrogen-bond donors (Lipinski definition) is 2. The zero-order valence-corrected chi connectivity index (χ0v) is 9.78. The van der Waals surface area contributed by atoms with Crippen LogP contribution in [-0.4, -0.2) is 5.91 Å². The molecule has 1 aromatic heterocycles. The fraction of sp³-hybridized carbons (Fsp3) is 0.154. The zero-order chi connectivity index (χ0) is 12.4. The maximum absolute atomic E-state index is 11.8. The Bertz CT molecular complexity index is 558. The fourth-order valence-electron chi connectivity index (χ4n) is 1.53. The molecule has 2 aromatic rings. The van der Waals surface area contributed by atoms with Crippen LogP contribution in [-0.2, 0) is 0 Å². The van der Waals surface area contributed by atoms with E-state index < -0.39 is 0 Å². The van der Waals surface area contributed by atoms with Crippen LogP contribution < -0.4 is 11.1 Å². The smallest absolute Gasteiger partial charge is 0.291 e. The van der Waals surface area contributed by atoms with Gasteiger partial charge in [-0.3, -0.25) is 4.79 Å². The second kappa shape index (κ2) is 4.33. The van der Waals surface area contributed by atoms with Gasteiger partial charge in [-0.25, -0.2) is 0 Å². The minimum Gasteiger partial charge on any atom is -0.436 e. The summed E-state index contributed by atoms with van der Waals surface area (Å²) in [4.78, 5) is 11.8. The van der Waals surface area contributed by atoms with Gasteiger partial charge in [-0.2, -0.15) is 0 Å². The highest BCUT2D eigenvalue weighted by Crippen LogP contribution is 2.18. The standard InChI is InChI=1S/C13H14N2O2/c1-8-3-4-9(2)10(7-8)15-13(16)11-5-6-12(14)17-11/h3-7H,14H2,1-2H3,(H,15,16). The first kappa shape index (κ1) is 11.3. The number of carbonyl (C=O) groups is 1. The van der Waals surface area contributed by atoms with Gasteiger partial charge in [-0.15, -0.1) is 0 Å². The molecule has 0 unspecified atom stereocenters. The van der Waals surface area contributed by atoms with E-state index in [1.54, 1.807) is 12.1 Å². The number of nitrogens with two attached hydrogens (primary N) is 1. The fourth-order valence-corrected chi connectivity index (χ4v) is 1.53. The SMILES string of the molecule is Cc1ccc(C)c(NC(=O)c2ccc(N)o2)c1. The van der Waals surface area contributed by atoms with Crippen molar-refractivity contribution in [3.8, 4) is 0 Å². The molecule has 4 heteroatoms. The van der Waals surface area contributed by atoms with E-state index in [4.69, 9.17) is 10.2 Å². The Kier molecular flexibility index (Phi) is 2.87. The lowest BCUT2D eigenvalue weighted by molar-refractivity contribution is 0.0997. The molecule has 1 heterocycles. The highest BCUT2D eigenvalue weighted by molar-refractivity contribution is 6.02. The monoisotopic (exact) mass is 230 g/mol. The molecule has 88 valence electrons. The van der Waals surface area contributed by atoms with Crippen LogP contribution >= 0.6 is 0 Å². The molecular weight excluding hydrogens is 216 g/mol. The van der Waals surface area contributed by atoms with E-state index in [1.807, 2.05) is 32.0 Å². The van der Waals surface area contributed by atoms with Crippen LogP contribution in [0.5, 0.6) is 0 Å². The first-order valence-corrected chi connectivity index (χ1v) is 5.30. The third kappa shape index (κ3) is 2.47. The lowest BCUT2D eigenvalue weighted by Crippen LogP contribution is -2.11. The Hall–Kier alpha value is -2.23. The average Bonchev–Trinajstić information content (AvgIpc) is 2.70. The Labute approximate surface area is 99.4 Å². The van der Waals surface area contributed by atoms with Crippen molar-refractivity contribution in [3.63, 3.8) is 0 Å². The first-order chi connectivity index (χ1) is 8.06. The normalized spacial score (nSPS) is 10.2. The number of carbonyl (C=O) groups excluding carboxylic acids is 1. The Morgan fingerprint density at radius 3 is 2.65 bits per heavy atom. The Morgan fingerprint density at radius 1 is 1.24 bits per heavy atom. The molecule has 0 atom stereocenters. The lowest BCUT2D eigenvalue weighted by Gasteiger charge is -2.07. The van der Waals surface area contributed by atoms with E-state index in [2.05, 4.69) is 5.32 Å². The van der Waals surface area contributed by atoms with Gasteiger partial charge in [-0.1, -0.05) is 12.1 Å². The second-order valence-electron chi connectivity index (χ2n) is 3.97. The van der Waals surface area contributed by atoms with Gasteiger partial charge in [0.2, 0.25) is 0 Å². The summed E-state index contributed by atoms with van der Waals surface area (Å²) >= 11 is 0. The molecule has 3 N–H and O–H groups in total. The van der Waals surface area contributed by atoms with Gasteiger partial charge in [-0.05, 0) is 37.1 Å². The van der Waals surface area contributed by atoms with Crippen molar-refractivity contribution >= 4 is 17.5 Å². The largest absolute Gasteiger partial charge is 0.436 e. The zero-order valence-electron chi connectivity index (χ0n) is 9.78. The first-order valence-electron chi connectivity index (χ1n) is 5.30. The average molecular weight is 230 g/mol. The number of rotatable bonds is 2. The molecular formula is C13H14N2O2. The molecule has 0 aliphatic heterocycles. The van der Waals surface area contributed by atoms with Crippen molar-refractivity contribution < 1.29 is 9.21 Å². The van der Waals surface area contributed by atoms with Gasteiger partial charge in [0.1, 0.15) is 0 Å². The van der Waals surface area contributed by atoms with Gasteiger partial charge in [0.25, 0.3) is 5.91 Å². The molecule has 17 heavy (non-hydrogen) atoms. The number of benzene rings is 1. The molecule has 0 saturated heterocycles. The summed E-state index contributed by atoms with van der Waals surface area (Å²) in [6.45, 7) is 3.91. The molecule has 4 nitrogen and oxygen atoms in total. The minimum atomic E-state index is -0.296. The van der Waals surface area contributed by atoms with Crippen LogP contribution in [0.25, 0.3) is 0 Å². The van der Waals surface area contributed by atoms with Gasteiger partial charge < -0.3 is 15.5 Å². The molecule has 1 aromatic carbocycles. The summed E-state index contributed by atoms with van der Waals surface area (Å²) in [6.07, 6.45) is 0. The van der Waals surface area contributed by atoms with Crippen LogP contribution in [0, 0.1) is 13.8 Å². The number of aryl methyl sites for hydroxylation is 2. The molecule has 0 saturated carbocycles. The van der Waals surface area contributed by atoms with Crippen molar-refractivity contribution in [1.82, 2.24) is 0 Å². The second-order valence-corrected chi connectivity index (χ2v) is 3.97. The van der Waals surface area contributed by atoms with Crippen molar-refractivity contribution in [1.29, 1.82) is 0 Å². The Balaban J connectivity index is 2.21. The van der Waals surface area contributed by atoms with Crippen molar-refractivity contribution in [2.75, 3.05) is 11.1 Å². The van der Waals surface area contributed by atoms with E-state index in [0.717, 1.165) is 16.8 Å². The van der Waals surface area contributed by atoms with Crippen LogP contribution in [0.1, 0.15) is 21.7 Å². The summed E-state index contributed by atoms with van der Waals surface area (Å²) < 4.78 is 5.05. The van der Waals surface area contributed by atoms with Crippen molar-refractivity contribution in [3.05, 3.63) is 47.2 Å². The summed E-state index contributed by atoms with van der Waals surface area (Å²) in [7, 11) is 0. The molecule has 0 bridgehead atoms. The van der Waals surface area contributed by atoms with Crippen molar-refractivity contribution in [2.24, 2.45) is 0 Å². The summed E-state index contributed by atoms with van der Waals surface area (Å²) in [5.74, 6) is 0.148. The number of furan rings is 1. The predicted molar refractivity (Wildman–Crippen MR) is 67.0 cm³/mol. The third-order valence-electron chi connectivity index (χ3n) is 2.49. The molecule has 0 radical (unpaired) electrons. The molecule has 0 aliphatic carbocycles. The minimum absolute atomic E-state index is 0.211. The number of nitrogens with one attached hydrogen (secondary N) is 1. The number of anilines is 2. The summed E-state index contributed by atoms with van der Waals surface area (Å²) in [5, 5.41) is 2.79. The van der Waals surface area contributed by atoms with Gasteiger partial charge in [0.05, 0.1) is 0 Å². The number of hydrogen-bond acceptors (Lipinski definition) is 3. The van der Waals surface area contributed by atoms with Crippen LogP contribution in [0.3, 0.4) is 0 Å². The number of amides is 1. The molecule has 2 rings (SSSR count). The van der Waals surface area contributed by atoms with Gasteiger partial charge in [0, 0.05) is 11.8 Å². The summed E-state index contributed by atoms with van der Waals surface area (Å²) in [5.41, 5.74) is 8.29. The maximum atomic E-state index is 11.8. The predicted octanol–water partition coefficient (Wildman–Crippen LogP) is 2.73. The number of nitrogen functional groups attached to an aromatic ring is 1. The molecule has 0 fully saturated rings. The van der Waals surface area contributed by atoms with Crippen LogP contribution in [0.15, 0.2) is 34.7 Å². The van der Waals surface area contributed by atoms with Crippen LogP contribution in [0.4, 0.5) is 11.6 Å². The topological polar surface area (TPSA) is 68.3 Å². The van der Waals surface area contributed by atoms with E-state index in [-0.39, 0.29) is 17.6 Å². The van der Waals surface area contributed by atoms with E-state index >= 15 is 0 Å².